The molecule has 1 saturated heterocycles. The van der Waals surface area contributed by atoms with Gasteiger partial charge in [0, 0.05) is 24.2 Å². The molecule has 1 aliphatic heterocycles. The summed E-state index contributed by atoms with van der Waals surface area (Å²) >= 11 is 6.08. The highest BCUT2D eigenvalue weighted by Gasteiger charge is 2.22. The highest BCUT2D eigenvalue weighted by Crippen LogP contribution is 2.30. The molecule has 1 fully saturated rings. The summed E-state index contributed by atoms with van der Waals surface area (Å²) in [4.78, 5) is 25.6. The highest BCUT2D eigenvalue weighted by atomic mass is 35.5. The summed E-state index contributed by atoms with van der Waals surface area (Å²) in [5.41, 5.74) is 0.888. The van der Waals surface area contributed by atoms with Gasteiger partial charge < -0.3 is 10.2 Å². The van der Waals surface area contributed by atoms with Crippen LogP contribution in [0.5, 0.6) is 0 Å². The fourth-order valence-electron chi connectivity index (χ4n) is 2.53. The highest BCUT2D eigenvalue weighted by molar-refractivity contribution is 6.34. The number of nitrogens with zero attached hydrogens (tertiary/aromatic N) is 1. The summed E-state index contributed by atoms with van der Waals surface area (Å²) in [6, 6.07) is 7.72. The Labute approximate surface area is 142 Å². The molecule has 0 saturated carbocycles. The number of benzene rings is 2. The Morgan fingerprint density at radius 1 is 1.12 bits per heavy atom. The molecule has 0 atom stereocenters. The van der Waals surface area contributed by atoms with Crippen LogP contribution in [0.15, 0.2) is 36.4 Å². The van der Waals surface area contributed by atoms with Gasteiger partial charge in [0.25, 0.3) is 5.91 Å². The van der Waals surface area contributed by atoms with Gasteiger partial charge in [0.1, 0.15) is 0 Å². The van der Waals surface area contributed by atoms with Gasteiger partial charge in [-0.2, -0.15) is 0 Å². The molecule has 0 unspecified atom stereocenters. The lowest BCUT2D eigenvalue weighted by Crippen LogP contribution is -2.23. The molecule has 2 amide bonds. The zero-order chi connectivity index (χ0) is 17.3. The van der Waals surface area contributed by atoms with Crippen molar-refractivity contribution in [2.45, 2.75) is 12.8 Å². The third-order valence-electron chi connectivity index (χ3n) is 3.77. The summed E-state index contributed by atoms with van der Waals surface area (Å²) in [6.07, 6.45) is 1.26. The number of hydrogen-bond donors (Lipinski definition) is 1. The first kappa shape index (κ1) is 16.4. The SMILES string of the molecule is O=C(Nc1cc(N2CCCC2=O)ccc1Cl)c1ccc(F)c(F)c1. The van der Waals surface area contributed by atoms with Crippen LogP contribution in [0.4, 0.5) is 20.2 Å². The van der Waals surface area contributed by atoms with Crippen LogP contribution in [0.3, 0.4) is 0 Å². The van der Waals surface area contributed by atoms with Crippen LogP contribution in [0, 0.1) is 11.6 Å². The van der Waals surface area contributed by atoms with E-state index in [9.17, 15) is 18.4 Å². The van der Waals surface area contributed by atoms with E-state index in [2.05, 4.69) is 5.32 Å². The summed E-state index contributed by atoms with van der Waals surface area (Å²) in [5, 5.41) is 2.83. The maximum Gasteiger partial charge on any atom is 0.255 e. The number of carbonyl (C=O) groups excluding carboxylic acids is 2. The number of nitrogens with one attached hydrogen (secondary N) is 1. The predicted molar refractivity (Wildman–Crippen MR) is 87.4 cm³/mol. The van der Waals surface area contributed by atoms with Crippen molar-refractivity contribution in [3.8, 4) is 0 Å². The zero-order valence-electron chi connectivity index (χ0n) is 12.5. The monoisotopic (exact) mass is 350 g/mol. The van der Waals surface area contributed by atoms with Gasteiger partial charge in [-0.25, -0.2) is 8.78 Å². The van der Waals surface area contributed by atoms with Gasteiger partial charge in [-0.05, 0) is 42.8 Å². The molecule has 4 nitrogen and oxygen atoms in total. The van der Waals surface area contributed by atoms with Crippen molar-refractivity contribution in [3.63, 3.8) is 0 Å². The minimum Gasteiger partial charge on any atom is -0.321 e. The lowest BCUT2D eigenvalue weighted by molar-refractivity contribution is -0.117. The molecular weight excluding hydrogens is 338 g/mol. The first-order valence-corrected chi connectivity index (χ1v) is 7.70. The smallest absolute Gasteiger partial charge is 0.255 e. The Kier molecular flexibility index (Phi) is 4.49. The summed E-state index contributed by atoms with van der Waals surface area (Å²) in [6.45, 7) is 0.608. The lowest BCUT2D eigenvalue weighted by atomic mass is 10.2. The Hall–Kier alpha value is -2.47. The van der Waals surface area contributed by atoms with Crippen LogP contribution in [-0.2, 0) is 4.79 Å². The molecule has 0 aliphatic carbocycles. The Balaban J connectivity index is 1.84. The molecule has 24 heavy (non-hydrogen) atoms. The number of rotatable bonds is 3. The van der Waals surface area contributed by atoms with Gasteiger partial charge in [0.05, 0.1) is 10.7 Å². The van der Waals surface area contributed by atoms with Gasteiger partial charge in [0.2, 0.25) is 5.91 Å². The van der Waals surface area contributed by atoms with E-state index < -0.39 is 17.5 Å². The first-order valence-electron chi connectivity index (χ1n) is 7.32. The third kappa shape index (κ3) is 3.23. The molecule has 1 heterocycles. The average molecular weight is 351 g/mol. The normalized spacial score (nSPS) is 14.1. The van der Waals surface area contributed by atoms with Crippen molar-refractivity contribution in [3.05, 3.63) is 58.6 Å². The zero-order valence-corrected chi connectivity index (χ0v) is 13.2. The van der Waals surface area contributed by atoms with E-state index in [1.807, 2.05) is 0 Å². The van der Waals surface area contributed by atoms with E-state index in [-0.39, 0.29) is 16.5 Å². The standard InChI is InChI=1S/C17H13ClF2N2O2/c18-12-5-4-11(22-7-1-2-16(22)23)9-15(12)21-17(24)10-3-6-13(19)14(20)8-10/h3-6,8-9H,1-2,7H2,(H,21,24). The molecule has 7 heteroatoms. The van der Waals surface area contributed by atoms with Crippen molar-refractivity contribution in [1.29, 1.82) is 0 Å². The topological polar surface area (TPSA) is 49.4 Å². The van der Waals surface area contributed by atoms with Crippen molar-refractivity contribution >= 4 is 34.8 Å². The molecule has 2 aromatic carbocycles. The molecule has 2 aromatic rings. The maximum absolute atomic E-state index is 13.2. The predicted octanol–water partition coefficient (Wildman–Crippen LogP) is 4.00. The maximum atomic E-state index is 13.2. The van der Waals surface area contributed by atoms with Crippen molar-refractivity contribution in [2.75, 3.05) is 16.8 Å². The van der Waals surface area contributed by atoms with E-state index in [1.54, 1.807) is 23.1 Å². The largest absolute Gasteiger partial charge is 0.321 e. The first-order chi connectivity index (χ1) is 11.5. The Bertz CT molecular complexity index is 826. The second-order valence-electron chi connectivity index (χ2n) is 5.40. The van der Waals surface area contributed by atoms with Gasteiger partial charge in [-0.3, -0.25) is 9.59 Å². The number of hydrogen-bond acceptors (Lipinski definition) is 2. The Morgan fingerprint density at radius 3 is 2.58 bits per heavy atom. The van der Waals surface area contributed by atoms with Gasteiger partial charge in [-0.15, -0.1) is 0 Å². The second-order valence-corrected chi connectivity index (χ2v) is 5.80. The minimum atomic E-state index is -1.11. The molecule has 0 bridgehead atoms. The van der Waals surface area contributed by atoms with Crippen LogP contribution >= 0.6 is 11.6 Å². The fraction of sp³-hybridized carbons (Fsp3) is 0.176. The van der Waals surface area contributed by atoms with E-state index in [0.29, 0.717) is 24.3 Å². The summed E-state index contributed by atoms with van der Waals surface area (Å²) in [7, 11) is 0. The number of anilines is 2. The van der Waals surface area contributed by atoms with Crippen LogP contribution in [0.2, 0.25) is 5.02 Å². The Morgan fingerprint density at radius 2 is 1.92 bits per heavy atom. The quantitative estimate of drug-likeness (QED) is 0.909. The molecule has 1 N–H and O–H groups in total. The molecule has 1 aliphatic rings. The van der Waals surface area contributed by atoms with Gasteiger partial charge in [0.15, 0.2) is 11.6 Å². The fourth-order valence-corrected chi connectivity index (χ4v) is 2.69. The molecule has 3 rings (SSSR count). The summed E-state index contributed by atoms with van der Waals surface area (Å²) in [5.74, 6) is -2.75. The van der Waals surface area contributed by atoms with Crippen LogP contribution < -0.4 is 10.2 Å². The number of halogens is 3. The van der Waals surface area contributed by atoms with Crippen molar-refractivity contribution in [1.82, 2.24) is 0 Å². The van der Waals surface area contributed by atoms with Crippen LogP contribution in [0.1, 0.15) is 23.2 Å². The molecular formula is C17H13ClF2N2O2. The van der Waals surface area contributed by atoms with E-state index >= 15 is 0 Å². The lowest BCUT2D eigenvalue weighted by Gasteiger charge is -2.17. The van der Waals surface area contributed by atoms with E-state index in [1.165, 1.54) is 6.07 Å². The average Bonchev–Trinajstić information content (AvgIpc) is 2.98. The van der Waals surface area contributed by atoms with Crippen molar-refractivity contribution in [2.24, 2.45) is 0 Å². The minimum absolute atomic E-state index is 0.00945. The molecule has 0 radical (unpaired) electrons. The number of carbonyl (C=O) groups is 2. The van der Waals surface area contributed by atoms with Gasteiger partial charge >= 0.3 is 0 Å². The molecule has 124 valence electrons. The van der Waals surface area contributed by atoms with E-state index in [0.717, 1.165) is 18.6 Å². The van der Waals surface area contributed by atoms with Crippen molar-refractivity contribution < 1.29 is 18.4 Å². The molecule has 0 spiro atoms. The van der Waals surface area contributed by atoms with Gasteiger partial charge in [-0.1, -0.05) is 11.6 Å². The summed E-state index contributed by atoms with van der Waals surface area (Å²) < 4.78 is 26.2. The van der Waals surface area contributed by atoms with E-state index in [4.69, 9.17) is 11.6 Å². The van der Waals surface area contributed by atoms with Crippen LogP contribution in [-0.4, -0.2) is 18.4 Å². The third-order valence-corrected chi connectivity index (χ3v) is 4.09. The van der Waals surface area contributed by atoms with Crippen LogP contribution in [0.25, 0.3) is 0 Å². The molecule has 0 aromatic heterocycles. The second kappa shape index (κ2) is 6.57. The number of amides is 2.